The van der Waals surface area contributed by atoms with Gasteiger partial charge in [0.05, 0.1) is 11.5 Å². The summed E-state index contributed by atoms with van der Waals surface area (Å²) >= 11 is 0. The number of carbonyl (C=O) groups is 1. The van der Waals surface area contributed by atoms with Crippen molar-refractivity contribution in [1.29, 1.82) is 0 Å². The summed E-state index contributed by atoms with van der Waals surface area (Å²) in [5.41, 5.74) is 0. The smallest absolute Gasteiger partial charge is 0.223 e. The fourth-order valence-electron chi connectivity index (χ4n) is 2.44. The van der Waals surface area contributed by atoms with Crippen molar-refractivity contribution in [3.63, 3.8) is 0 Å². The van der Waals surface area contributed by atoms with E-state index in [-0.39, 0.29) is 17.4 Å². The Bertz CT molecular complexity index is 366. The molecule has 0 aromatic rings. The molecule has 2 heterocycles. The maximum atomic E-state index is 11.8. The highest BCUT2D eigenvalue weighted by Gasteiger charge is 2.26. The van der Waals surface area contributed by atoms with Gasteiger partial charge in [-0.05, 0) is 18.8 Å². The molecule has 2 aliphatic rings. The van der Waals surface area contributed by atoms with Crippen LogP contribution >= 0.6 is 0 Å². The summed E-state index contributed by atoms with van der Waals surface area (Å²) in [7, 11) is -2.79. The lowest BCUT2D eigenvalue weighted by Crippen LogP contribution is -2.39. The highest BCUT2D eigenvalue weighted by atomic mass is 32.2. The first-order valence-electron chi connectivity index (χ1n) is 6.26. The van der Waals surface area contributed by atoms with Gasteiger partial charge in [0.15, 0.2) is 0 Å². The van der Waals surface area contributed by atoms with Crippen molar-refractivity contribution in [2.75, 3.05) is 37.7 Å². The van der Waals surface area contributed by atoms with E-state index in [1.807, 2.05) is 4.90 Å². The Balaban J connectivity index is 1.86. The Morgan fingerprint density at radius 1 is 1.24 bits per heavy atom. The molecule has 0 radical (unpaired) electrons. The Hall–Kier alpha value is -0.620. The normalized spacial score (nSPS) is 26.8. The number of rotatable bonds is 2. The van der Waals surface area contributed by atoms with Crippen LogP contribution in [0, 0.1) is 5.92 Å². The zero-order valence-corrected chi connectivity index (χ0v) is 10.8. The number of nitrogens with zero attached hydrogens (tertiary/aromatic N) is 1. The van der Waals surface area contributed by atoms with Gasteiger partial charge >= 0.3 is 0 Å². The van der Waals surface area contributed by atoms with Gasteiger partial charge in [-0.25, -0.2) is 8.42 Å². The zero-order valence-electron chi connectivity index (χ0n) is 10.0. The topological polar surface area (TPSA) is 66.5 Å². The molecular weight excluding hydrogens is 240 g/mol. The number of nitrogens with one attached hydrogen (secondary N) is 1. The lowest BCUT2D eigenvalue weighted by molar-refractivity contribution is -0.131. The van der Waals surface area contributed by atoms with Crippen molar-refractivity contribution >= 4 is 15.7 Å². The van der Waals surface area contributed by atoms with Crippen LogP contribution in [0.1, 0.15) is 19.3 Å². The lowest BCUT2D eigenvalue weighted by atomic mass is 10.0. The van der Waals surface area contributed by atoms with Crippen molar-refractivity contribution in [2.45, 2.75) is 19.3 Å². The van der Waals surface area contributed by atoms with Crippen LogP contribution in [-0.2, 0) is 14.6 Å². The van der Waals surface area contributed by atoms with Crippen LogP contribution in [0.5, 0.6) is 0 Å². The van der Waals surface area contributed by atoms with Crippen molar-refractivity contribution in [3.05, 3.63) is 0 Å². The monoisotopic (exact) mass is 260 g/mol. The van der Waals surface area contributed by atoms with Gasteiger partial charge in [-0.1, -0.05) is 0 Å². The highest BCUT2D eigenvalue weighted by molar-refractivity contribution is 7.91. The highest BCUT2D eigenvalue weighted by Crippen LogP contribution is 2.20. The minimum Gasteiger partial charge on any atom is -0.341 e. The van der Waals surface area contributed by atoms with Crippen LogP contribution in [0.15, 0.2) is 0 Å². The number of carbonyl (C=O) groups excluding carboxylic acids is 1. The molecule has 0 bridgehead atoms. The summed E-state index contributed by atoms with van der Waals surface area (Å²) in [6.45, 7) is 3.09. The molecular formula is C11H20N2O3S. The quantitative estimate of drug-likeness (QED) is 0.736. The molecule has 0 saturated carbocycles. The van der Waals surface area contributed by atoms with Crippen molar-refractivity contribution in [3.8, 4) is 0 Å². The average Bonchev–Trinajstić information content (AvgIpc) is 2.47. The van der Waals surface area contributed by atoms with E-state index in [0.717, 1.165) is 26.2 Å². The molecule has 1 N–H and O–H groups in total. The van der Waals surface area contributed by atoms with Crippen LogP contribution in [0.25, 0.3) is 0 Å². The minimum absolute atomic E-state index is 0.198. The van der Waals surface area contributed by atoms with E-state index in [0.29, 0.717) is 25.2 Å². The first-order valence-corrected chi connectivity index (χ1v) is 8.08. The Kier molecular flexibility index (Phi) is 4.04. The SMILES string of the molecule is O=C1CCNCCN1CC1CCS(=O)(=O)CC1. The standard InChI is InChI=1S/C11H20N2O3S/c14-11-1-4-12-5-6-13(11)9-10-2-7-17(15,16)8-3-10/h10,12H,1-9H2. The first-order chi connectivity index (χ1) is 8.07. The van der Waals surface area contributed by atoms with Gasteiger partial charge in [-0.15, -0.1) is 0 Å². The third kappa shape index (κ3) is 3.67. The molecule has 1 amide bonds. The lowest BCUT2D eigenvalue weighted by Gasteiger charge is -2.28. The molecule has 2 rings (SSSR count). The van der Waals surface area contributed by atoms with E-state index in [1.54, 1.807) is 0 Å². The number of hydrogen-bond acceptors (Lipinski definition) is 4. The zero-order chi connectivity index (χ0) is 12.3. The van der Waals surface area contributed by atoms with Gasteiger partial charge in [0, 0.05) is 32.6 Å². The van der Waals surface area contributed by atoms with Gasteiger partial charge in [0.1, 0.15) is 9.84 Å². The Labute approximate surface area is 102 Å². The minimum atomic E-state index is -2.79. The van der Waals surface area contributed by atoms with Crippen LogP contribution in [0.2, 0.25) is 0 Å². The van der Waals surface area contributed by atoms with Crippen LogP contribution < -0.4 is 5.32 Å². The van der Waals surface area contributed by atoms with Gasteiger partial charge in [0.25, 0.3) is 0 Å². The summed E-state index contributed by atoms with van der Waals surface area (Å²) in [6.07, 6.45) is 1.98. The van der Waals surface area contributed by atoms with Crippen molar-refractivity contribution in [1.82, 2.24) is 10.2 Å². The van der Waals surface area contributed by atoms with Crippen LogP contribution in [0.4, 0.5) is 0 Å². The molecule has 2 saturated heterocycles. The van der Waals surface area contributed by atoms with E-state index >= 15 is 0 Å². The second-order valence-corrected chi connectivity index (χ2v) is 7.24. The maximum Gasteiger partial charge on any atom is 0.223 e. The second-order valence-electron chi connectivity index (χ2n) is 4.93. The molecule has 0 atom stereocenters. The number of sulfone groups is 1. The van der Waals surface area contributed by atoms with E-state index in [4.69, 9.17) is 0 Å². The molecule has 0 aromatic heterocycles. The molecule has 0 aromatic carbocycles. The van der Waals surface area contributed by atoms with E-state index in [1.165, 1.54) is 0 Å². The van der Waals surface area contributed by atoms with Crippen LogP contribution in [0.3, 0.4) is 0 Å². The summed E-state index contributed by atoms with van der Waals surface area (Å²) in [6, 6.07) is 0. The number of hydrogen-bond donors (Lipinski definition) is 1. The maximum absolute atomic E-state index is 11.8. The second kappa shape index (κ2) is 5.35. The molecule has 0 unspecified atom stereocenters. The largest absolute Gasteiger partial charge is 0.341 e. The van der Waals surface area contributed by atoms with Crippen molar-refractivity contribution in [2.24, 2.45) is 5.92 Å². The predicted molar refractivity (Wildman–Crippen MR) is 65.4 cm³/mol. The molecule has 17 heavy (non-hydrogen) atoms. The number of amides is 1. The summed E-state index contributed by atoms with van der Waals surface area (Å²) in [5.74, 6) is 1.14. The Morgan fingerprint density at radius 3 is 2.65 bits per heavy atom. The average molecular weight is 260 g/mol. The molecule has 98 valence electrons. The molecule has 0 spiro atoms. The van der Waals surface area contributed by atoms with Crippen molar-refractivity contribution < 1.29 is 13.2 Å². The molecule has 5 nitrogen and oxygen atoms in total. The molecule has 6 heteroatoms. The third-order valence-corrected chi connectivity index (χ3v) is 5.30. The molecule has 2 aliphatic heterocycles. The van der Waals surface area contributed by atoms with Gasteiger partial charge in [-0.2, -0.15) is 0 Å². The van der Waals surface area contributed by atoms with Crippen LogP contribution in [-0.4, -0.2) is 56.9 Å². The summed E-state index contributed by atoms with van der Waals surface area (Å²) in [4.78, 5) is 13.7. The van der Waals surface area contributed by atoms with Gasteiger partial charge in [-0.3, -0.25) is 4.79 Å². The summed E-state index contributed by atoms with van der Waals surface area (Å²) in [5, 5.41) is 3.20. The fourth-order valence-corrected chi connectivity index (χ4v) is 4.03. The first kappa shape index (κ1) is 12.8. The predicted octanol–water partition coefficient (Wildman–Crippen LogP) is -0.367. The summed E-state index contributed by atoms with van der Waals surface area (Å²) < 4.78 is 22.6. The molecule has 2 fully saturated rings. The third-order valence-electron chi connectivity index (χ3n) is 3.58. The van der Waals surface area contributed by atoms with E-state index in [2.05, 4.69) is 5.32 Å². The van der Waals surface area contributed by atoms with Gasteiger partial charge in [0.2, 0.25) is 5.91 Å². The van der Waals surface area contributed by atoms with E-state index < -0.39 is 9.84 Å². The fraction of sp³-hybridized carbons (Fsp3) is 0.909. The van der Waals surface area contributed by atoms with Gasteiger partial charge < -0.3 is 10.2 Å². The van der Waals surface area contributed by atoms with E-state index in [9.17, 15) is 13.2 Å². The molecule has 0 aliphatic carbocycles. The Morgan fingerprint density at radius 2 is 1.94 bits per heavy atom.